The van der Waals surface area contributed by atoms with Crippen LogP contribution in [-0.4, -0.2) is 17.1 Å². The van der Waals surface area contributed by atoms with E-state index in [-0.39, 0.29) is 22.6 Å². The Hall–Kier alpha value is -3.12. The van der Waals surface area contributed by atoms with E-state index < -0.39 is 5.82 Å². The van der Waals surface area contributed by atoms with Crippen molar-refractivity contribution in [3.05, 3.63) is 95.3 Å². The summed E-state index contributed by atoms with van der Waals surface area (Å²) in [6.45, 7) is 0.371. The van der Waals surface area contributed by atoms with Crippen molar-refractivity contribution in [1.82, 2.24) is 5.32 Å². The molecule has 146 valence electrons. The van der Waals surface area contributed by atoms with Crippen molar-refractivity contribution < 1.29 is 14.0 Å². The van der Waals surface area contributed by atoms with Gasteiger partial charge in [0.15, 0.2) is 0 Å². The van der Waals surface area contributed by atoms with Crippen molar-refractivity contribution >= 4 is 29.3 Å². The van der Waals surface area contributed by atoms with E-state index >= 15 is 0 Å². The molecule has 1 unspecified atom stereocenters. The third kappa shape index (κ3) is 4.66. The van der Waals surface area contributed by atoms with Gasteiger partial charge in [0, 0.05) is 22.7 Å². The van der Waals surface area contributed by atoms with Crippen LogP contribution in [0.15, 0.2) is 77.7 Å². The lowest BCUT2D eigenvalue weighted by molar-refractivity contribution is -0.120. The molecule has 1 aliphatic rings. The summed E-state index contributed by atoms with van der Waals surface area (Å²) in [7, 11) is 0. The number of benzene rings is 3. The number of nitrogens with one attached hydrogen (secondary N) is 2. The summed E-state index contributed by atoms with van der Waals surface area (Å²) in [5, 5.41) is 5.61. The Bertz CT molecular complexity index is 1050. The van der Waals surface area contributed by atoms with Gasteiger partial charge in [0.2, 0.25) is 5.91 Å². The normalized spacial score (nSPS) is 14.9. The molecule has 0 aliphatic carbocycles. The zero-order valence-corrected chi connectivity index (χ0v) is 16.3. The van der Waals surface area contributed by atoms with E-state index in [0.29, 0.717) is 12.2 Å². The van der Waals surface area contributed by atoms with Gasteiger partial charge in [-0.3, -0.25) is 9.59 Å². The molecular weight excluding hydrogens is 387 g/mol. The van der Waals surface area contributed by atoms with Crippen molar-refractivity contribution in [2.24, 2.45) is 0 Å². The largest absolute Gasteiger partial charge is 0.351 e. The molecule has 2 amide bonds. The molecule has 2 N–H and O–H groups in total. The molecule has 0 saturated heterocycles. The van der Waals surface area contributed by atoms with E-state index in [2.05, 4.69) is 16.7 Å². The molecule has 3 aromatic carbocycles. The SMILES string of the molecule is O=C(Nc1cccc(CNC(=O)C2Cc3ccccc3S2)c1)c1cccc(F)c1. The molecule has 0 spiro atoms. The number of carbonyl (C=O) groups is 2. The minimum atomic E-state index is -0.457. The number of carbonyl (C=O) groups excluding carboxylic acids is 2. The molecule has 29 heavy (non-hydrogen) atoms. The third-order valence-electron chi connectivity index (χ3n) is 4.68. The van der Waals surface area contributed by atoms with Crippen LogP contribution in [0.3, 0.4) is 0 Å². The van der Waals surface area contributed by atoms with Gasteiger partial charge in [0.25, 0.3) is 5.91 Å². The van der Waals surface area contributed by atoms with Gasteiger partial charge in [0.1, 0.15) is 5.82 Å². The second-order valence-corrected chi connectivity index (χ2v) is 8.05. The molecule has 3 aromatic rings. The number of rotatable bonds is 5. The van der Waals surface area contributed by atoms with E-state index in [0.717, 1.165) is 16.9 Å². The third-order valence-corrected chi connectivity index (χ3v) is 6.00. The van der Waals surface area contributed by atoms with Crippen molar-refractivity contribution in [3.8, 4) is 0 Å². The molecule has 0 bridgehead atoms. The second kappa shape index (κ2) is 8.49. The standard InChI is InChI=1S/C23H19FN2O2S/c24-18-8-4-7-17(12-18)22(27)26-19-9-3-5-15(11-19)14-25-23(28)21-13-16-6-1-2-10-20(16)29-21/h1-12,21H,13-14H2,(H,25,28)(H,26,27). The minimum Gasteiger partial charge on any atom is -0.351 e. The topological polar surface area (TPSA) is 58.2 Å². The van der Waals surface area contributed by atoms with Gasteiger partial charge in [-0.1, -0.05) is 36.4 Å². The van der Waals surface area contributed by atoms with Crippen molar-refractivity contribution in [2.75, 3.05) is 5.32 Å². The Morgan fingerprint density at radius 1 is 1.00 bits per heavy atom. The van der Waals surface area contributed by atoms with Crippen molar-refractivity contribution in [2.45, 2.75) is 23.1 Å². The van der Waals surface area contributed by atoms with Crippen LogP contribution >= 0.6 is 11.8 Å². The van der Waals surface area contributed by atoms with Gasteiger partial charge in [-0.2, -0.15) is 0 Å². The summed E-state index contributed by atoms with van der Waals surface area (Å²) in [5.41, 5.74) is 2.92. The molecular formula is C23H19FN2O2S. The lowest BCUT2D eigenvalue weighted by atomic mass is 10.1. The smallest absolute Gasteiger partial charge is 0.255 e. The van der Waals surface area contributed by atoms with Gasteiger partial charge in [-0.25, -0.2) is 4.39 Å². The average Bonchev–Trinajstić information content (AvgIpc) is 3.17. The Kier molecular flexibility index (Phi) is 5.62. The van der Waals surface area contributed by atoms with Crippen LogP contribution in [0, 0.1) is 5.82 Å². The van der Waals surface area contributed by atoms with E-state index in [9.17, 15) is 14.0 Å². The Morgan fingerprint density at radius 2 is 1.83 bits per heavy atom. The Labute approximate surface area is 172 Å². The summed E-state index contributed by atoms with van der Waals surface area (Å²) >= 11 is 1.59. The molecule has 0 aromatic heterocycles. The van der Waals surface area contributed by atoms with Crippen LogP contribution in [0.4, 0.5) is 10.1 Å². The maximum atomic E-state index is 13.3. The van der Waals surface area contributed by atoms with Gasteiger partial charge in [-0.05, 0) is 53.9 Å². The summed E-state index contributed by atoms with van der Waals surface area (Å²) in [6.07, 6.45) is 0.733. The van der Waals surface area contributed by atoms with Gasteiger partial charge >= 0.3 is 0 Å². The lowest BCUT2D eigenvalue weighted by Crippen LogP contribution is -2.32. The van der Waals surface area contributed by atoms with Gasteiger partial charge in [-0.15, -0.1) is 11.8 Å². The highest BCUT2D eigenvalue weighted by molar-refractivity contribution is 8.01. The average molecular weight is 406 g/mol. The number of amides is 2. The summed E-state index contributed by atoms with van der Waals surface area (Å²) < 4.78 is 13.3. The van der Waals surface area contributed by atoms with E-state index in [4.69, 9.17) is 0 Å². The highest BCUT2D eigenvalue weighted by atomic mass is 32.2. The zero-order chi connectivity index (χ0) is 20.2. The quantitative estimate of drug-likeness (QED) is 0.660. The Morgan fingerprint density at radius 3 is 2.66 bits per heavy atom. The fourth-order valence-corrected chi connectivity index (χ4v) is 4.44. The summed E-state index contributed by atoms with van der Waals surface area (Å²) in [5.74, 6) is -0.841. The van der Waals surface area contributed by atoms with E-state index in [1.807, 2.05) is 30.3 Å². The van der Waals surface area contributed by atoms with Crippen LogP contribution in [-0.2, 0) is 17.8 Å². The highest BCUT2D eigenvalue weighted by Crippen LogP contribution is 2.36. The predicted octanol–water partition coefficient (Wildman–Crippen LogP) is 4.41. The number of thioether (sulfide) groups is 1. The molecule has 0 radical (unpaired) electrons. The maximum absolute atomic E-state index is 13.3. The van der Waals surface area contributed by atoms with Crippen molar-refractivity contribution in [1.29, 1.82) is 0 Å². The monoisotopic (exact) mass is 406 g/mol. The first-order chi connectivity index (χ1) is 14.1. The molecule has 0 saturated carbocycles. The van der Waals surface area contributed by atoms with Gasteiger partial charge in [0.05, 0.1) is 5.25 Å². The first kappa shape index (κ1) is 19.2. The summed E-state index contributed by atoms with van der Waals surface area (Å²) in [4.78, 5) is 26.0. The second-order valence-electron chi connectivity index (χ2n) is 6.80. The summed E-state index contributed by atoms with van der Waals surface area (Å²) in [6, 6.07) is 20.8. The molecule has 1 heterocycles. The number of halogens is 1. The molecule has 1 atom stereocenters. The fourth-order valence-electron chi connectivity index (χ4n) is 3.22. The highest BCUT2D eigenvalue weighted by Gasteiger charge is 2.27. The first-order valence-corrected chi connectivity index (χ1v) is 10.1. The zero-order valence-electron chi connectivity index (χ0n) is 15.5. The Balaban J connectivity index is 1.34. The molecule has 4 rings (SSSR count). The van der Waals surface area contributed by atoms with Crippen LogP contribution in [0.25, 0.3) is 0 Å². The van der Waals surface area contributed by atoms with Crippen LogP contribution in [0.2, 0.25) is 0 Å². The van der Waals surface area contributed by atoms with Crippen LogP contribution < -0.4 is 10.6 Å². The van der Waals surface area contributed by atoms with E-state index in [1.54, 1.807) is 30.0 Å². The number of hydrogen-bond donors (Lipinski definition) is 2. The predicted molar refractivity (Wildman–Crippen MR) is 112 cm³/mol. The fraction of sp³-hybridized carbons (Fsp3) is 0.130. The molecule has 6 heteroatoms. The molecule has 0 fully saturated rings. The van der Waals surface area contributed by atoms with E-state index in [1.165, 1.54) is 23.8 Å². The first-order valence-electron chi connectivity index (χ1n) is 9.26. The number of anilines is 1. The van der Waals surface area contributed by atoms with Crippen LogP contribution in [0.5, 0.6) is 0 Å². The van der Waals surface area contributed by atoms with Crippen LogP contribution in [0.1, 0.15) is 21.5 Å². The molecule has 1 aliphatic heterocycles. The maximum Gasteiger partial charge on any atom is 0.255 e. The van der Waals surface area contributed by atoms with Gasteiger partial charge < -0.3 is 10.6 Å². The minimum absolute atomic E-state index is 0.000370. The molecule has 4 nitrogen and oxygen atoms in total. The van der Waals surface area contributed by atoms with Crippen molar-refractivity contribution in [3.63, 3.8) is 0 Å². The number of hydrogen-bond acceptors (Lipinski definition) is 3. The lowest BCUT2D eigenvalue weighted by Gasteiger charge is -2.11. The number of fused-ring (bicyclic) bond motifs is 1.